The smallest absolute Gasteiger partial charge is 0.252 e. The van der Waals surface area contributed by atoms with Crippen molar-refractivity contribution in [3.8, 4) is 0 Å². The van der Waals surface area contributed by atoms with E-state index < -0.39 is 0 Å². The van der Waals surface area contributed by atoms with Crippen LogP contribution in [0.25, 0.3) is 0 Å². The Balaban J connectivity index is 2.01. The van der Waals surface area contributed by atoms with E-state index in [2.05, 4.69) is 11.6 Å². The lowest BCUT2D eigenvalue weighted by molar-refractivity contribution is 0.0950. The van der Waals surface area contributed by atoms with Crippen LogP contribution in [0.4, 0.5) is 5.69 Å². The summed E-state index contributed by atoms with van der Waals surface area (Å²) in [6, 6.07) is 4.98. The fraction of sp³-hybridized carbons (Fsp3) is 0.500. The average Bonchev–Trinajstić information content (AvgIpc) is 2.85. The maximum absolute atomic E-state index is 12.1. The van der Waals surface area contributed by atoms with E-state index in [0.717, 1.165) is 0 Å². The number of hydrogen-bond acceptors (Lipinski definition) is 3. The highest BCUT2D eigenvalue weighted by molar-refractivity contribution is 8.00. The third kappa shape index (κ3) is 3.37. The van der Waals surface area contributed by atoms with E-state index in [1.807, 2.05) is 11.8 Å². The van der Waals surface area contributed by atoms with Crippen molar-refractivity contribution in [2.24, 2.45) is 0 Å². The second-order valence-corrected chi connectivity index (χ2v) is 6.70. The van der Waals surface area contributed by atoms with Gasteiger partial charge < -0.3 is 11.1 Å². The van der Waals surface area contributed by atoms with Gasteiger partial charge in [-0.2, -0.15) is 11.8 Å². The predicted octanol–water partition coefficient (Wildman–Crippen LogP) is 3.33. The molecule has 0 atom stereocenters. The molecule has 1 saturated carbocycles. The quantitative estimate of drug-likeness (QED) is 0.838. The van der Waals surface area contributed by atoms with Gasteiger partial charge in [0.25, 0.3) is 5.91 Å². The molecule has 104 valence electrons. The number of thioether (sulfide) groups is 1. The molecule has 1 aliphatic rings. The molecule has 0 aromatic heterocycles. The average molecular weight is 299 g/mol. The van der Waals surface area contributed by atoms with Gasteiger partial charge in [-0.1, -0.05) is 24.4 Å². The zero-order chi connectivity index (χ0) is 13.9. The largest absolute Gasteiger partial charge is 0.399 e. The number of hydrogen-bond donors (Lipinski definition) is 2. The van der Waals surface area contributed by atoms with Crippen LogP contribution in [0, 0.1) is 0 Å². The number of nitrogens with one attached hydrogen (secondary N) is 1. The molecule has 0 aliphatic heterocycles. The topological polar surface area (TPSA) is 55.1 Å². The van der Waals surface area contributed by atoms with E-state index in [9.17, 15) is 4.79 Å². The molecule has 19 heavy (non-hydrogen) atoms. The van der Waals surface area contributed by atoms with Crippen LogP contribution < -0.4 is 11.1 Å². The first-order valence-electron chi connectivity index (χ1n) is 6.45. The molecule has 1 fully saturated rings. The number of nitrogens with two attached hydrogens (primary N) is 1. The van der Waals surface area contributed by atoms with Gasteiger partial charge in [-0.15, -0.1) is 0 Å². The Kier molecular flexibility index (Phi) is 4.63. The van der Waals surface area contributed by atoms with E-state index in [1.165, 1.54) is 25.7 Å². The molecular formula is C14H19ClN2OS. The van der Waals surface area contributed by atoms with Gasteiger partial charge in [0.05, 0.1) is 10.6 Å². The van der Waals surface area contributed by atoms with Crippen molar-refractivity contribution in [3.05, 3.63) is 28.8 Å². The van der Waals surface area contributed by atoms with E-state index >= 15 is 0 Å². The predicted molar refractivity (Wildman–Crippen MR) is 82.9 cm³/mol. The van der Waals surface area contributed by atoms with E-state index in [-0.39, 0.29) is 10.7 Å². The van der Waals surface area contributed by atoms with Gasteiger partial charge in [0.1, 0.15) is 0 Å². The van der Waals surface area contributed by atoms with Crippen molar-refractivity contribution in [2.45, 2.75) is 30.4 Å². The summed E-state index contributed by atoms with van der Waals surface area (Å²) < 4.78 is 0.204. The number of anilines is 1. The first-order valence-corrected chi connectivity index (χ1v) is 8.05. The minimum Gasteiger partial charge on any atom is -0.399 e. The van der Waals surface area contributed by atoms with Crippen molar-refractivity contribution in [3.63, 3.8) is 0 Å². The summed E-state index contributed by atoms with van der Waals surface area (Å²) in [4.78, 5) is 12.1. The molecule has 1 aliphatic carbocycles. The molecule has 0 spiro atoms. The standard InChI is InChI=1S/C14H19ClN2OS/c1-19-14(6-2-3-7-14)9-17-13(18)11-5-4-10(16)8-12(11)15/h4-5,8H,2-3,6-7,9,16H2,1H3,(H,17,18). The zero-order valence-corrected chi connectivity index (χ0v) is 12.6. The number of carbonyl (C=O) groups is 1. The first kappa shape index (κ1) is 14.5. The summed E-state index contributed by atoms with van der Waals surface area (Å²) in [5, 5.41) is 3.41. The third-order valence-corrected chi connectivity index (χ3v) is 5.49. The van der Waals surface area contributed by atoms with Crippen LogP contribution in [0.5, 0.6) is 0 Å². The number of amides is 1. The first-order chi connectivity index (χ1) is 9.06. The van der Waals surface area contributed by atoms with Crippen LogP contribution in [0.1, 0.15) is 36.0 Å². The fourth-order valence-corrected chi connectivity index (χ4v) is 3.71. The molecule has 1 amide bonds. The Hall–Kier alpha value is -0.870. The maximum atomic E-state index is 12.1. The Morgan fingerprint density at radius 3 is 2.74 bits per heavy atom. The van der Waals surface area contributed by atoms with Crippen molar-refractivity contribution in [1.82, 2.24) is 5.32 Å². The lowest BCUT2D eigenvalue weighted by atomic mass is 10.1. The van der Waals surface area contributed by atoms with Crippen molar-refractivity contribution >= 4 is 35.0 Å². The lowest BCUT2D eigenvalue weighted by Gasteiger charge is -2.27. The van der Waals surface area contributed by atoms with Crippen LogP contribution in [-0.4, -0.2) is 23.5 Å². The molecule has 0 saturated heterocycles. The summed E-state index contributed by atoms with van der Waals surface area (Å²) in [5.74, 6) is -0.120. The normalized spacial score (nSPS) is 17.4. The monoisotopic (exact) mass is 298 g/mol. The Bertz CT molecular complexity index is 473. The number of halogens is 1. The minimum atomic E-state index is -0.120. The summed E-state index contributed by atoms with van der Waals surface area (Å²) in [7, 11) is 0. The van der Waals surface area contributed by atoms with E-state index in [1.54, 1.807) is 18.2 Å². The SMILES string of the molecule is CSC1(CNC(=O)c2ccc(N)cc2Cl)CCCC1. The van der Waals surface area contributed by atoms with Gasteiger partial charge in [-0.05, 0) is 37.3 Å². The number of nitrogen functional groups attached to an aromatic ring is 1. The Labute approximate surface area is 123 Å². The molecule has 2 rings (SSSR count). The van der Waals surface area contributed by atoms with Crippen LogP contribution in [0.15, 0.2) is 18.2 Å². The fourth-order valence-electron chi connectivity index (χ4n) is 2.52. The summed E-state index contributed by atoms with van der Waals surface area (Å²) in [5.41, 5.74) is 6.68. The van der Waals surface area contributed by atoms with Gasteiger partial charge >= 0.3 is 0 Å². The number of benzene rings is 1. The van der Waals surface area contributed by atoms with Gasteiger partial charge in [-0.3, -0.25) is 4.79 Å². The number of carbonyl (C=O) groups excluding carboxylic acids is 1. The highest BCUT2D eigenvalue weighted by atomic mass is 35.5. The molecule has 1 aromatic rings. The van der Waals surface area contributed by atoms with Gasteiger partial charge in [0.2, 0.25) is 0 Å². The Morgan fingerprint density at radius 1 is 1.47 bits per heavy atom. The zero-order valence-electron chi connectivity index (χ0n) is 11.0. The lowest BCUT2D eigenvalue weighted by Crippen LogP contribution is -2.38. The van der Waals surface area contributed by atoms with Gasteiger partial charge in [0, 0.05) is 17.0 Å². The van der Waals surface area contributed by atoms with Crippen LogP contribution in [0.2, 0.25) is 5.02 Å². The highest BCUT2D eigenvalue weighted by Crippen LogP contribution is 2.39. The van der Waals surface area contributed by atoms with Crippen molar-refractivity contribution in [1.29, 1.82) is 0 Å². The van der Waals surface area contributed by atoms with E-state index in [0.29, 0.717) is 22.8 Å². The molecule has 0 bridgehead atoms. The number of rotatable bonds is 4. The summed E-state index contributed by atoms with van der Waals surface area (Å²) in [6.45, 7) is 0.702. The van der Waals surface area contributed by atoms with Crippen LogP contribution in [0.3, 0.4) is 0 Å². The van der Waals surface area contributed by atoms with Crippen molar-refractivity contribution < 1.29 is 4.79 Å². The minimum absolute atomic E-state index is 0.120. The second-order valence-electron chi connectivity index (χ2n) is 5.02. The highest BCUT2D eigenvalue weighted by Gasteiger charge is 2.33. The maximum Gasteiger partial charge on any atom is 0.252 e. The molecular weight excluding hydrogens is 280 g/mol. The summed E-state index contributed by atoms with van der Waals surface area (Å²) in [6.07, 6.45) is 6.96. The second kappa shape index (κ2) is 6.06. The molecule has 0 radical (unpaired) electrons. The molecule has 0 unspecified atom stereocenters. The van der Waals surface area contributed by atoms with Gasteiger partial charge in [0.15, 0.2) is 0 Å². The summed E-state index contributed by atoms with van der Waals surface area (Å²) >= 11 is 7.90. The van der Waals surface area contributed by atoms with Crippen molar-refractivity contribution in [2.75, 3.05) is 18.5 Å². The van der Waals surface area contributed by atoms with Crippen LogP contribution >= 0.6 is 23.4 Å². The van der Waals surface area contributed by atoms with Gasteiger partial charge in [-0.25, -0.2) is 0 Å². The molecule has 1 aromatic carbocycles. The molecule has 3 N–H and O–H groups in total. The Morgan fingerprint density at radius 2 is 2.16 bits per heavy atom. The third-order valence-electron chi connectivity index (χ3n) is 3.76. The molecule has 5 heteroatoms. The van der Waals surface area contributed by atoms with E-state index in [4.69, 9.17) is 17.3 Å². The van der Waals surface area contributed by atoms with Crippen LogP contribution in [-0.2, 0) is 0 Å². The molecule has 3 nitrogen and oxygen atoms in total. The molecule has 0 heterocycles.